The van der Waals surface area contributed by atoms with Crippen molar-refractivity contribution in [2.45, 2.75) is 88.3 Å². The molecule has 0 radical (unpaired) electrons. The van der Waals surface area contributed by atoms with Crippen molar-refractivity contribution in [2.75, 3.05) is 0 Å². The molecular weight excluding hydrogens is 380 g/mol. The Hall–Kier alpha value is -1.34. The summed E-state index contributed by atoms with van der Waals surface area (Å²) in [5.41, 5.74) is -2.29. The number of carbonyl (C=O) groups is 2. The molecule has 0 heterocycles. The number of esters is 2. The van der Waals surface area contributed by atoms with Crippen molar-refractivity contribution in [3.8, 4) is 0 Å². The lowest BCUT2D eigenvalue weighted by Crippen LogP contribution is -2.61. The summed E-state index contributed by atoms with van der Waals surface area (Å²) >= 11 is 0. The molecule has 0 N–H and O–H groups in total. The molecule has 0 aromatic rings. The average molecular weight is 406 g/mol. The Kier molecular flexibility index (Phi) is 4.33. The quantitative estimate of drug-likeness (QED) is 0.481. The number of rotatable bonds is 6. The SMILES string of the molecule is CCC1(OC(=O)C(F)(F)C(F)(F)C(=O)OC2(C)C3CC4CC(C3)CC2C4)CC1. The highest BCUT2D eigenvalue weighted by atomic mass is 19.3. The molecule has 158 valence electrons. The first kappa shape index (κ1) is 20.0. The summed E-state index contributed by atoms with van der Waals surface area (Å²) in [5.74, 6) is -14.4. The van der Waals surface area contributed by atoms with Crippen LogP contribution in [0.1, 0.15) is 65.2 Å². The Morgan fingerprint density at radius 3 is 1.68 bits per heavy atom. The molecule has 0 amide bonds. The molecule has 4 bridgehead atoms. The summed E-state index contributed by atoms with van der Waals surface area (Å²) in [6.45, 7) is 3.21. The normalized spacial score (nSPS) is 38.2. The summed E-state index contributed by atoms with van der Waals surface area (Å²) in [7, 11) is 0. The molecule has 0 unspecified atom stereocenters. The lowest BCUT2D eigenvalue weighted by molar-refractivity contribution is -0.260. The number of hydrogen-bond donors (Lipinski definition) is 0. The van der Waals surface area contributed by atoms with Crippen molar-refractivity contribution in [3.05, 3.63) is 0 Å². The number of alkyl halides is 4. The van der Waals surface area contributed by atoms with Crippen LogP contribution in [0, 0.1) is 23.7 Å². The second kappa shape index (κ2) is 6.08. The first-order chi connectivity index (χ1) is 12.9. The van der Waals surface area contributed by atoms with Crippen molar-refractivity contribution in [1.29, 1.82) is 0 Å². The molecule has 0 spiro atoms. The minimum absolute atomic E-state index is 0.0982. The van der Waals surface area contributed by atoms with Gasteiger partial charge in [0.2, 0.25) is 0 Å². The van der Waals surface area contributed by atoms with Gasteiger partial charge in [0.15, 0.2) is 0 Å². The zero-order valence-electron chi connectivity index (χ0n) is 16.1. The van der Waals surface area contributed by atoms with Gasteiger partial charge >= 0.3 is 23.8 Å². The maximum absolute atomic E-state index is 14.4. The van der Waals surface area contributed by atoms with Crippen LogP contribution in [0.5, 0.6) is 0 Å². The minimum atomic E-state index is -5.27. The van der Waals surface area contributed by atoms with E-state index in [2.05, 4.69) is 4.74 Å². The van der Waals surface area contributed by atoms with Crippen molar-refractivity contribution in [1.82, 2.24) is 0 Å². The third kappa shape index (κ3) is 2.84. The van der Waals surface area contributed by atoms with Gasteiger partial charge in [-0.1, -0.05) is 6.92 Å². The van der Waals surface area contributed by atoms with E-state index in [0.717, 1.165) is 32.1 Å². The molecule has 5 saturated carbocycles. The van der Waals surface area contributed by atoms with Gasteiger partial charge in [-0.05, 0) is 82.0 Å². The highest BCUT2D eigenvalue weighted by Gasteiger charge is 2.72. The van der Waals surface area contributed by atoms with Crippen LogP contribution in [0.3, 0.4) is 0 Å². The van der Waals surface area contributed by atoms with Crippen LogP contribution in [0.15, 0.2) is 0 Å². The first-order valence-corrected chi connectivity index (χ1v) is 10.2. The van der Waals surface area contributed by atoms with Crippen LogP contribution in [-0.2, 0) is 19.1 Å². The van der Waals surface area contributed by atoms with Gasteiger partial charge in [0.25, 0.3) is 0 Å². The molecule has 4 nitrogen and oxygen atoms in total. The number of carbonyl (C=O) groups excluding carboxylic acids is 2. The monoisotopic (exact) mass is 406 g/mol. The third-order valence-corrected chi connectivity index (χ3v) is 7.74. The van der Waals surface area contributed by atoms with Gasteiger partial charge in [-0.15, -0.1) is 0 Å². The average Bonchev–Trinajstić information content (AvgIpc) is 3.39. The number of hydrogen-bond acceptors (Lipinski definition) is 4. The molecule has 8 heteroatoms. The second-order valence-corrected chi connectivity index (χ2v) is 9.45. The van der Waals surface area contributed by atoms with Gasteiger partial charge in [-0.3, -0.25) is 0 Å². The summed E-state index contributed by atoms with van der Waals surface area (Å²) in [4.78, 5) is 24.0. The van der Waals surface area contributed by atoms with Gasteiger partial charge in [0, 0.05) is 0 Å². The molecule has 5 rings (SSSR count). The van der Waals surface area contributed by atoms with E-state index in [0.29, 0.717) is 24.7 Å². The van der Waals surface area contributed by atoms with E-state index >= 15 is 0 Å². The van der Waals surface area contributed by atoms with E-state index in [-0.39, 0.29) is 18.3 Å². The first-order valence-electron chi connectivity index (χ1n) is 10.2. The Bertz CT molecular complexity index is 658. The largest absolute Gasteiger partial charge is 0.454 e. The predicted molar refractivity (Wildman–Crippen MR) is 89.8 cm³/mol. The summed E-state index contributed by atoms with van der Waals surface area (Å²) in [5, 5.41) is 0. The molecule has 5 fully saturated rings. The van der Waals surface area contributed by atoms with Crippen molar-refractivity contribution in [2.24, 2.45) is 23.7 Å². The Morgan fingerprint density at radius 2 is 1.29 bits per heavy atom. The highest BCUT2D eigenvalue weighted by molar-refractivity contribution is 5.90. The standard InChI is InChI=1S/C20H26F4O4/c1-3-18(4-5-18)28-16(26)20(23,24)19(21,22)15(25)27-17(2)13-7-11-6-12(9-13)10-14(17)8-11/h11-14H,3-10H2,1-2H3. The molecule has 0 aromatic carbocycles. The maximum atomic E-state index is 14.4. The fourth-order valence-electron chi connectivity index (χ4n) is 5.73. The highest BCUT2D eigenvalue weighted by Crippen LogP contribution is 2.60. The fourth-order valence-corrected chi connectivity index (χ4v) is 5.73. The van der Waals surface area contributed by atoms with Gasteiger partial charge in [-0.2, -0.15) is 17.6 Å². The predicted octanol–water partition coefficient (Wildman–Crippen LogP) is 4.50. The summed E-state index contributed by atoms with van der Waals surface area (Å²) in [6, 6.07) is 0. The summed E-state index contributed by atoms with van der Waals surface area (Å²) in [6.07, 6.45) is 5.13. The van der Waals surface area contributed by atoms with E-state index in [4.69, 9.17) is 4.74 Å². The maximum Gasteiger partial charge on any atom is 0.415 e. The van der Waals surface area contributed by atoms with E-state index in [9.17, 15) is 27.2 Å². The molecule has 0 atom stereocenters. The van der Waals surface area contributed by atoms with Crippen LogP contribution >= 0.6 is 0 Å². The Labute approximate surface area is 161 Å². The van der Waals surface area contributed by atoms with Crippen LogP contribution in [-0.4, -0.2) is 35.0 Å². The number of halogens is 4. The molecule has 5 aliphatic carbocycles. The zero-order valence-corrected chi connectivity index (χ0v) is 16.1. The van der Waals surface area contributed by atoms with Crippen LogP contribution in [0.2, 0.25) is 0 Å². The summed E-state index contributed by atoms with van der Waals surface area (Å²) < 4.78 is 67.1. The van der Waals surface area contributed by atoms with Crippen LogP contribution in [0.25, 0.3) is 0 Å². The van der Waals surface area contributed by atoms with Gasteiger partial charge < -0.3 is 9.47 Å². The molecule has 5 aliphatic rings. The molecule has 0 aromatic heterocycles. The van der Waals surface area contributed by atoms with Gasteiger partial charge in [-0.25, -0.2) is 9.59 Å². The van der Waals surface area contributed by atoms with Crippen molar-refractivity contribution >= 4 is 11.9 Å². The zero-order chi connectivity index (χ0) is 20.5. The molecular formula is C20H26F4O4. The van der Waals surface area contributed by atoms with Crippen LogP contribution < -0.4 is 0 Å². The van der Waals surface area contributed by atoms with E-state index < -0.39 is 35.0 Å². The van der Waals surface area contributed by atoms with Crippen molar-refractivity contribution < 1.29 is 36.6 Å². The lowest BCUT2D eigenvalue weighted by atomic mass is 9.50. The topological polar surface area (TPSA) is 52.6 Å². The van der Waals surface area contributed by atoms with E-state index in [1.165, 1.54) is 0 Å². The Morgan fingerprint density at radius 1 is 0.857 bits per heavy atom. The lowest BCUT2D eigenvalue weighted by Gasteiger charge is -2.59. The fraction of sp³-hybridized carbons (Fsp3) is 0.900. The second-order valence-electron chi connectivity index (χ2n) is 9.45. The minimum Gasteiger partial charge on any atom is -0.454 e. The van der Waals surface area contributed by atoms with E-state index in [1.807, 2.05) is 0 Å². The third-order valence-electron chi connectivity index (χ3n) is 7.74. The van der Waals surface area contributed by atoms with Crippen molar-refractivity contribution in [3.63, 3.8) is 0 Å². The number of ether oxygens (including phenoxy) is 2. The molecule has 0 aliphatic heterocycles. The smallest absolute Gasteiger partial charge is 0.415 e. The molecule has 28 heavy (non-hydrogen) atoms. The Balaban J connectivity index is 1.49. The van der Waals surface area contributed by atoms with Gasteiger partial charge in [0.1, 0.15) is 11.2 Å². The van der Waals surface area contributed by atoms with Crippen LogP contribution in [0.4, 0.5) is 17.6 Å². The van der Waals surface area contributed by atoms with Gasteiger partial charge in [0.05, 0.1) is 0 Å². The molecule has 0 saturated heterocycles. The van der Waals surface area contributed by atoms with E-state index in [1.54, 1.807) is 13.8 Å².